The highest BCUT2D eigenvalue weighted by molar-refractivity contribution is 7.93. The Morgan fingerprint density at radius 1 is 1.20 bits per heavy atom. The van der Waals surface area contributed by atoms with Crippen LogP contribution in [0.1, 0.15) is 25.0 Å². The van der Waals surface area contributed by atoms with Crippen molar-refractivity contribution in [2.45, 2.75) is 24.8 Å². The largest absolute Gasteiger partial charge is 0.490 e. The van der Waals surface area contributed by atoms with E-state index in [0.717, 1.165) is 5.56 Å². The van der Waals surface area contributed by atoms with E-state index in [4.69, 9.17) is 21.1 Å². The highest BCUT2D eigenvalue weighted by atomic mass is 35.5. The number of nitriles is 1. The van der Waals surface area contributed by atoms with Gasteiger partial charge in [0.15, 0.2) is 11.5 Å². The number of sulfone groups is 1. The van der Waals surface area contributed by atoms with Crippen molar-refractivity contribution in [1.29, 1.82) is 5.26 Å². The van der Waals surface area contributed by atoms with Crippen molar-refractivity contribution in [3.8, 4) is 17.6 Å². The highest BCUT2D eigenvalue weighted by Gasteiger charge is 2.20. The molecule has 35 heavy (non-hydrogen) atoms. The Morgan fingerprint density at radius 2 is 1.94 bits per heavy atom. The van der Waals surface area contributed by atoms with Crippen LogP contribution in [0.4, 0.5) is 5.13 Å². The minimum absolute atomic E-state index is 0.0409. The molecule has 12 heteroatoms. The predicted molar refractivity (Wildman–Crippen MR) is 133 cm³/mol. The minimum atomic E-state index is -3.56. The van der Waals surface area contributed by atoms with E-state index in [9.17, 15) is 18.5 Å². The molecule has 0 fully saturated rings. The van der Waals surface area contributed by atoms with Crippen LogP contribution in [0, 0.1) is 11.3 Å². The number of ether oxygens (including phenoxy) is 2. The first-order chi connectivity index (χ1) is 16.8. The van der Waals surface area contributed by atoms with E-state index in [2.05, 4.69) is 15.5 Å². The molecular formula is C23H21ClN4O5S2. The summed E-state index contributed by atoms with van der Waals surface area (Å²) in [4.78, 5) is 12.6. The summed E-state index contributed by atoms with van der Waals surface area (Å²) in [5.41, 5.74) is 1.13. The lowest BCUT2D eigenvalue weighted by Gasteiger charge is -2.14. The summed E-state index contributed by atoms with van der Waals surface area (Å²) < 4.78 is 35.1. The predicted octanol–water partition coefficient (Wildman–Crippen LogP) is 4.51. The minimum Gasteiger partial charge on any atom is -0.490 e. The standard InChI is InChI=1S/C23H21ClN4O5S2/c1-3-32-19-12-16(11-18(24)20(19)33-14-15-8-6-5-7-9-15)10-17(13-25)21(29)26-22-27-28-23(34-22)35(30,31)4-2/h5-12H,3-4,14H2,1-2H3,(H,26,27,29). The van der Waals surface area contributed by atoms with Crippen LogP contribution in [0.15, 0.2) is 52.4 Å². The van der Waals surface area contributed by atoms with Crippen molar-refractivity contribution in [3.63, 3.8) is 0 Å². The monoisotopic (exact) mass is 532 g/mol. The number of hydrogen-bond acceptors (Lipinski definition) is 9. The van der Waals surface area contributed by atoms with E-state index in [1.165, 1.54) is 13.0 Å². The maximum absolute atomic E-state index is 12.6. The number of anilines is 1. The van der Waals surface area contributed by atoms with Crippen LogP contribution in [-0.4, -0.2) is 36.9 Å². The number of rotatable bonds is 10. The highest BCUT2D eigenvalue weighted by Crippen LogP contribution is 2.38. The van der Waals surface area contributed by atoms with Crippen LogP contribution in [0.25, 0.3) is 6.08 Å². The number of halogens is 1. The fourth-order valence-electron chi connectivity index (χ4n) is 2.79. The number of nitrogens with zero attached hydrogens (tertiary/aromatic N) is 3. The molecule has 0 aliphatic carbocycles. The molecule has 0 bridgehead atoms. The van der Waals surface area contributed by atoms with Crippen molar-refractivity contribution >= 4 is 49.9 Å². The van der Waals surface area contributed by atoms with Gasteiger partial charge in [-0.1, -0.05) is 60.2 Å². The molecule has 9 nitrogen and oxygen atoms in total. The molecule has 3 aromatic rings. The molecule has 0 unspecified atom stereocenters. The van der Waals surface area contributed by atoms with E-state index in [0.29, 0.717) is 35.0 Å². The topological polar surface area (TPSA) is 131 Å². The lowest BCUT2D eigenvalue weighted by atomic mass is 10.1. The number of amides is 1. The summed E-state index contributed by atoms with van der Waals surface area (Å²) in [6.07, 6.45) is 1.33. The number of hydrogen-bond donors (Lipinski definition) is 1. The zero-order valence-electron chi connectivity index (χ0n) is 18.8. The summed E-state index contributed by atoms with van der Waals surface area (Å²) >= 11 is 7.15. The summed E-state index contributed by atoms with van der Waals surface area (Å²) in [6.45, 7) is 3.90. The molecule has 182 valence electrons. The third kappa shape index (κ3) is 6.79. The van der Waals surface area contributed by atoms with Crippen LogP contribution in [0.3, 0.4) is 0 Å². The number of nitrogens with one attached hydrogen (secondary N) is 1. The number of aromatic nitrogens is 2. The van der Waals surface area contributed by atoms with Crippen molar-refractivity contribution in [2.75, 3.05) is 17.7 Å². The van der Waals surface area contributed by atoms with E-state index >= 15 is 0 Å². The van der Waals surface area contributed by atoms with Crippen molar-refractivity contribution < 1.29 is 22.7 Å². The molecule has 1 heterocycles. The molecule has 0 atom stereocenters. The van der Waals surface area contributed by atoms with Crippen LogP contribution in [0.2, 0.25) is 5.02 Å². The molecule has 0 aliphatic heterocycles. The van der Waals surface area contributed by atoms with Gasteiger partial charge < -0.3 is 9.47 Å². The summed E-state index contributed by atoms with van der Waals surface area (Å²) in [5, 5.41) is 19.4. The SMILES string of the molecule is CCOc1cc(C=C(C#N)C(=O)Nc2nnc(S(=O)(=O)CC)s2)cc(Cl)c1OCc1ccccc1. The Balaban J connectivity index is 1.83. The summed E-state index contributed by atoms with van der Waals surface area (Å²) in [7, 11) is -3.56. The number of benzene rings is 2. The quantitative estimate of drug-likeness (QED) is 0.229. The normalized spacial score (nSPS) is 11.5. The van der Waals surface area contributed by atoms with Crippen LogP contribution < -0.4 is 14.8 Å². The smallest absolute Gasteiger partial charge is 0.268 e. The number of carbonyl (C=O) groups excluding carboxylic acids is 1. The lowest BCUT2D eigenvalue weighted by molar-refractivity contribution is -0.112. The van der Waals surface area contributed by atoms with Gasteiger partial charge in [-0.05, 0) is 36.3 Å². The third-order valence-corrected chi connectivity index (χ3v) is 7.81. The van der Waals surface area contributed by atoms with Gasteiger partial charge in [0.05, 0.1) is 17.4 Å². The Morgan fingerprint density at radius 3 is 2.60 bits per heavy atom. The first kappa shape index (κ1) is 26.2. The van der Waals surface area contributed by atoms with Crippen LogP contribution in [-0.2, 0) is 21.2 Å². The molecular weight excluding hydrogens is 512 g/mol. The van der Waals surface area contributed by atoms with Gasteiger partial charge in [0.2, 0.25) is 19.3 Å². The average molecular weight is 533 g/mol. The molecule has 1 N–H and O–H groups in total. The fourth-order valence-corrected chi connectivity index (χ4v) is 5.05. The second-order valence-corrected chi connectivity index (χ2v) is 10.8. The van der Waals surface area contributed by atoms with E-state index in [1.54, 1.807) is 19.1 Å². The first-order valence-corrected chi connectivity index (χ1v) is 13.2. The molecule has 0 aliphatic rings. The van der Waals surface area contributed by atoms with Gasteiger partial charge >= 0.3 is 0 Å². The second kappa shape index (κ2) is 11.8. The van der Waals surface area contributed by atoms with Gasteiger partial charge in [-0.15, -0.1) is 10.2 Å². The first-order valence-electron chi connectivity index (χ1n) is 10.4. The zero-order valence-corrected chi connectivity index (χ0v) is 21.2. The van der Waals surface area contributed by atoms with Gasteiger partial charge in [0.1, 0.15) is 18.2 Å². The molecule has 1 amide bonds. The average Bonchev–Trinajstić information content (AvgIpc) is 3.32. The Labute approximate surface area is 211 Å². The summed E-state index contributed by atoms with van der Waals surface area (Å²) in [5.74, 6) is -0.218. The third-order valence-electron chi connectivity index (χ3n) is 4.51. The van der Waals surface area contributed by atoms with Gasteiger partial charge in [-0.2, -0.15) is 5.26 Å². The van der Waals surface area contributed by atoms with E-state index < -0.39 is 15.7 Å². The Kier molecular flexibility index (Phi) is 8.81. The maximum Gasteiger partial charge on any atom is 0.268 e. The zero-order chi connectivity index (χ0) is 25.4. The van der Waals surface area contributed by atoms with Gasteiger partial charge in [-0.25, -0.2) is 8.42 Å². The fraction of sp³-hybridized carbons (Fsp3) is 0.217. The second-order valence-electron chi connectivity index (χ2n) is 6.94. The van der Waals surface area contributed by atoms with Gasteiger partial charge in [0.25, 0.3) is 5.91 Å². The molecule has 1 aromatic heterocycles. The van der Waals surface area contributed by atoms with E-state index in [1.807, 2.05) is 36.4 Å². The summed E-state index contributed by atoms with van der Waals surface area (Å²) in [6, 6.07) is 14.5. The molecule has 0 saturated heterocycles. The van der Waals surface area contributed by atoms with Gasteiger partial charge in [-0.3, -0.25) is 10.1 Å². The van der Waals surface area contributed by atoms with Gasteiger partial charge in [0, 0.05) is 0 Å². The molecule has 2 aromatic carbocycles. The Hall–Kier alpha value is -3.46. The molecule has 0 spiro atoms. The lowest BCUT2D eigenvalue weighted by Crippen LogP contribution is -2.13. The van der Waals surface area contributed by atoms with Crippen molar-refractivity contribution in [3.05, 3.63) is 64.2 Å². The van der Waals surface area contributed by atoms with Crippen LogP contribution in [0.5, 0.6) is 11.5 Å². The van der Waals surface area contributed by atoms with E-state index in [-0.39, 0.29) is 32.4 Å². The molecule has 0 radical (unpaired) electrons. The Bertz CT molecular complexity index is 1380. The molecule has 0 saturated carbocycles. The number of carbonyl (C=O) groups is 1. The van der Waals surface area contributed by atoms with Crippen molar-refractivity contribution in [2.24, 2.45) is 0 Å². The molecule has 3 rings (SSSR count). The maximum atomic E-state index is 12.6. The van der Waals surface area contributed by atoms with Crippen molar-refractivity contribution in [1.82, 2.24) is 10.2 Å². The van der Waals surface area contributed by atoms with Crippen LogP contribution >= 0.6 is 22.9 Å².